The van der Waals surface area contributed by atoms with Crippen LogP contribution in [0.1, 0.15) is 6.42 Å². The maximum Gasteiger partial charge on any atom is 0.309 e. The third-order valence-electron chi connectivity index (χ3n) is 1.91. The van der Waals surface area contributed by atoms with Crippen LogP contribution in [0.2, 0.25) is 39.3 Å². The minimum atomic E-state index is -1.78. The van der Waals surface area contributed by atoms with Crippen LogP contribution in [0, 0.1) is 0 Å². The van der Waals surface area contributed by atoms with Gasteiger partial charge in [-0.1, -0.05) is 19.6 Å². The Morgan fingerprint density at radius 1 is 1.24 bits per heavy atom. The van der Waals surface area contributed by atoms with Crippen molar-refractivity contribution in [3.05, 3.63) is 0 Å². The van der Waals surface area contributed by atoms with Gasteiger partial charge in [0.25, 0.3) is 0 Å². The molecule has 0 saturated heterocycles. The summed E-state index contributed by atoms with van der Waals surface area (Å²) in [5.74, 6) is 0.934. The lowest BCUT2D eigenvalue weighted by molar-refractivity contribution is -0.137. The highest BCUT2D eigenvalue weighted by molar-refractivity contribution is 7.98. The normalized spacial score (nSPS) is 14.5. The highest BCUT2D eigenvalue weighted by Crippen LogP contribution is 2.11. The van der Waals surface area contributed by atoms with Crippen molar-refractivity contribution >= 4 is 34.3 Å². The Bertz CT molecular complexity index is 249. The van der Waals surface area contributed by atoms with E-state index in [2.05, 4.69) is 30.9 Å². The molecular formula is C11H27NO2SSi2. The lowest BCUT2D eigenvalue weighted by Crippen LogP contribution is -2.53. The summed E-state index contributed by atoms with van der Waals surface area (Å²) in [5.41, 5.74) is 0. The van der Waals surface area contributed by atoms with Gasteiger partial charge in [0.15, 0.2) is 0 Å². The second kappa shape index (κ2) is 6.96. The first-order valence-electron chi connectivity index (χ1n) is 6.04. The largest absolute Gasteiger partial charge is 0.519 e. The highest BCUT2D eigenvalue weighted by Gasteiger charge is 2.29. The molecular weight excluding hydrogens is 266 g/mol. The molecule has 0 aromatic heterocycles. The molecule has 0 aromatic carbocycles. The third-order valence-corrected chi connectivity index (χ3v) is 4.58. The Morgan fingerprint density at radius 3 is 2.12 bits per heavy atom. The molecule has 0 heterocycles. The standard InChI is InChI=1S/C11H27NO2SSi2/c1-15-9-8-10(12-16(2,3)4)11(13)14-17(5,6)7/h10,12H,8-9H2,1-7H3. The zero-order valence-corrected chi connectivity index (χ0v) is 15.0. The minimum Gasteiger partial charge on any atom is -0.519 e. The molecule has 0 spiro atoms. The monoisotopic (exact) mass is 293 g/mol. The van der Waals surface area contributed by atoms with Crippen molar-refractivity contribution in [3.8, 4) is 0 Å². The topological polar surface area (TPSA) is 38.3 Å². The van der Waals surface area contributed by atoms with E-state index in [1.54, 1.807) is 11.8 Å². The molecule has 0 bridgehead atoms. The maximum atomic E-state index is 12.1. The fraction of sp³-hybridized carbons (Fsp3) is 0.909. The lowest BCUT2D eigenvalue weighted by Gasteiger charge is -2.28. The molecule has 0 aliphatic heterocycles. The Labute approximate surface area is 112 Å². The van der Waals surface area contributed by atoms with Crippen LogP contribution in [0.25, 0.3) is 0 Å². The van der Waals surface area contributed by atoms with Crippen LogP contribution in [0.5, 0.6) is 0 Å². The summed E-state index contributed by atoms with van der Waals surface area (Å²) in [7, 11) is -3.23. The molecule has 3 nitrogen and oxygen atoms in total. The van der Waals surface area contributed by atoms with Crippen LogP contribution >= 0.6 is 11.8 Å². The molecule has 0 fully saturated rings. The van der Waals surface area contributed by atoms with E-state index >= 15 is 0 Å². The summed E-state index contributed by atoms with van der Waals surface area (Å²) < 4.78 is 5.59. The van der Waals surface area contributed by atoms with Gasteiger partial charge >= 0.3 is 5.97 Å². The number of nitrogens with one attached hydrogen (secondary N) is 1. The van der Waals surface area contributed by atoms with Crippen molar-refractivity contribution < 1.29 is 9.22 Å². The van der Waals surface area contributed by atoms with E-state index in [0.29, 0.717) is 0 Å². The first kappa shape index (κ1) is 17.2. The van der Waals surface area contributed by atoms with Gasteiger partial charge < -0.3 is 9.41 Å². The highest BCUT2D eigenvalue weighted by atomic mass is 32.2. The van der Waals surface area contributed by atoms with Gasteiger partial charge in [0.2, 0.25) is 8.32 Å². The molecule has 0 saturated carbocycles. The molecule has 6 heteroatoms. The van der Waals surface area contributed by atoms with Gasteiger partial charge in [0.05, 0.1) is 6.04 Å². The van der Waals surface area contributed by atoms with Crippen LogP contribution < -0.4 is 4.98 Å². The number of thioether (sulfide) groups is 1. The fourth-order valence-electron chi connectivity index (χ4n) is 1.38. The van der Waals surface area contributed by atoms with Crippen molar-refractivity contribution in [1.82, 2.24) is 4.98 Å². The quantitative estimate of drug-likeness (QED) is 0.733. The molecule has 0 amide bonds. The summed E-state index contributed by atoms with van der Waals surface area (Å²) >= 11 is 1.77. The maximum absolute atomic E-state index is 12.1. The van der Waals surface area contributed by atoms with Gasteiger partial charge in [-0.15, -0.1) is 0 Å². The first-order valence-corrected chi connectivity index (χ1v) is 14.3. The summed E-state index contributed by atoms with van der Waals surface area (Å²) in [5, 5.41) is 0. The second-order valence-electron chi connectivity index (χ2n) is 6.26. The van der Waals surface area contributed by atoms with Crippen molar-refractivity contribution in [2.75, 3.05) is 12.0 Å². The van der Waals surface area contributed by atoms with E-state index in [9.17, 15) is 4.79 Å². The van der Waals surface area contributed by atoms with E-state index in [-0.39, 0.29) is 12.0 Å². The summed E-state index contributed by atoms with van der Waals surface area (Å²) in [6.45, 7) is 12.8. The molecule has 0 rings (SSSR count). The molecule has 1 atom stereocenters. The number of carbonyl (C=O) groups excluding carboxylic acids is 1. The summed E-state index contributed by atoms with van der Waals surface area (Å²) in [6, 6.07) is -0.124. The SMILES string of the molecule is CSCCC(N[Si](C)(C)C)C(=O)O[Si](C)(C)C. The molecule has 0 aliphatic carbocycles. The average Bonchev–Trinajstić information content (AvgIpc) is 2.07. The van der Waals surface area contributed by atoms with Gasteiger partial charge in [-0.05, 0) is 38.1 Å². The van der Waals surface area contributed by atoms with Gasteiger partial charge in [0, 0.05) is 0 Å². The van der Waals surface area contributed by atoms with Gasteiger partial charge in [0.1, 0.15) is 8.24 Å². The fourth-order valence-corrected chi connectivity index (χ4v) is 3.91. The molecule has 1 N–H and O–H groups in total. The molecule has 102 valence electrons. The molecule has 0 radical (unpaired) electrons. The van der Waals surface area contributed by atoms with Gasteiger partial charge in [-0.3, -0.25) is 4.79 Å². The smallest absolute Gasteiger partial charge is 0.309 e. The first-order chi connectivity index (χ1) is 7.55. The Hall–Kier alpha value is 0.214. The zero-order valence-electron chi connectivity index (χ0n) is 12.2. The van der Waals surface area contributed by atoms with E-state index in [4.69, 9.17) is 4.43 Å². The van der Waals surface area contributed by atoms with Crippen LogP contribution in [0.3, 0.4) is 0 Å². The average molecular weight is 294 g/mol. The van der Waals surface area contributed by atoms with Gasteiger partial charge in [-0.2, -0.15) is 11.8 Å². The Balaban J connectivity index is 4.51. The summed E-state index contributed by atoms with van der Waals surface area (Å²) in [6.07, 6.45) is 2.92. The third kappa shape index (κ3) is 9.87. The minimum absolute atomic E-state index is 0.0550. The van der Waals surface area contributed by atoms with Crippen LogP contribution in [-0.4, -0.2) is 40.6 Å². The van der Waals surface area contributed by atoms with Gasteiger partial charge in [-0.25, -0.2) is 0 Å². The van der Waals surface area contributed by atoms with Crippen molar-refractivity contribution in [2.24, 2.45) is 0 Å². The predicted octanol–water partition coefficient (Wildman–Crippen LogP) is 2.91. The van der Waals surface area contributed by atoms with E-state index in [0.717, 1.165) is 12.2 Å². The molecule has 1 unspecified atom stereocenters. The molecule has 0 aromatic rings. The van der Waals surface area contributed by atoms with E-state index < -0.39 is 16.6 Å². The number of hydrogen-bond donors (Lipinski definition) is 1. The van der Waals surface area contributed by atoms with E-state index in [1.165, 1.54) is 0 Å². The Kier molecular flexibility index (Phi) is 7.05. The second-order valence-corrected chi connectivity index (χ2v) is 16.5. The zero-order chi connectivity index (χ0) is 13.7. The van der Waals surface area contributed by atoms with Crippen molar-refractivity contribution in [3.63, 3.8) is 0 Å². The van der Waals surface area contributed by atoms with E-state index in [1.807, 2.05) is 19.6 Å². The predicted molar refractivity (Wildman–Crippen MR) is 82.7 cm³/mol. The Morgan fingerprint density at radius 2 is 1.76 bits per heavy atom. The summed E-state index contributed by atoms with van der Waals surface area (Å²) in [4.78, 5) is 15.6. The van der Waals surface area contributed by atoms with Crippen LogP contribution in [0.15, 0.2) is 0 Å². The van der Waals surface area contributed by atoms with Crippen molar-refractivity contribution in [2.45, 2.75) is 51.7 Å². The number of hydrogen-bond acceptors (Lipinski definition) is 4. The lowest BCUT2D eigenvalue weighted by atomic mass is 10.2. The number of rotatable bonds is 7. The molecule has 17 heavy (non-hydrogen) atoms. The number of carbonyl (C=O) groups is 1. The van der Waals surface area contributed by atoms with Crippen LogP contribution in [-0.2, 0) is 9.22 Å². The van der Waals surface area contributed by atoms with Crippen molar-refractivity contribution in [1.29, 1.82) is 0 Å². The van der Waals surface area contributed by atoms with Crippen LogP contribution in [0.4, 0.5) is 0 Å². The molecule has 0 aliphatic rings.